The molecule has 1 atom stereocenters. The van der Waals surface area contributed by atoms with E-state index in [2.05, 4.69) is 10.6 Å². The van der Waals surface area contributed by atoms with Crippen molar-refractivity contribution in [2.45, 2.75) is 26.5 Å². The number of hydrogen-bond acceptors (Lipinski definition) is 3. The van der Waals surface area contributed by atoms with Crippen molar-refractivity contribution >= 4 is 11.8 Å². The van der Waals surface area contributed by atoms with Gasteiger partial charge >= 0.3 is 0 Å². The van der Waals surface area contributed by atoms with E-state index in [1.165, 1.54) is 0 Å². The molecule has 2 aromatic carbocycles. The summed E-state index contributed by atoms with van der Waals surface area (Å²) in [5.74, 6) is 0.198. The number of carbonyl (C=O) groups excluding carboxylic acids is 2. The SMILES string of the molecule is CCNC(=O)C(C)NC(=O)c1ccc(OCc2ccccc2)cc1. The highest BCUT2D eigenvalue weighted by atomic mass is 16.5. The highest BCUT2D eigenvalue weighted by Crippen LogP contribution is 2.14. The van der Waals surface area contributed by atoms with Crippen LogP contribution in [0.5, 0.6) is 5.75 Å². The highest BCUT2D eigenvalue weighted by molar-refractivity contribution is 5.97. The second-order valence-corrected chi connectivity index (χ2v) is 5.39. The Morgan fingerprint density at radius 2 is 1.71 bits per heavy atom. The molecule has 5 nitrogen and oxygen atoms in total. The fourth-order valence-corrected chi connectivity index (χ4v) is 2.12. The summed E-state index contributed by atoms with van der Waals surface area (Å²) in [5.41, 5.74) is 1.56. The average Bonchev–Trinajstić information content (AvgIpc) is 2.61. The van der Waals surface area contributed by atoms with Crippen molar-refractivity contribution < 1.29 is 14.3 Å². The van der Waals surface area contributed by atoms with E-state index in [-0.39, 0.29) is 11.8 Å². The number of amides is 2. The number of carbonyl (C=O) groups is 2. The minimum atomic E-state index is -0.577. The van der Waals surface area contributed by atoms with Crippen LogP contribution in [0, 0.1) is 0 Å². The van der Waals surface area contributed by atoms with Crippen molar-refractivity contribution in [3.63, 3.8) is 0 Å². The molecular formula is C19H22N2O3. The Balaban J connectivity index is 1.89. The molecule has 0 saturated carbocycles. The van der Waals surface area contributed by atoms with Crippen LogP contribution in [0.3, 0.4) is 0 Å². The summed E-state index contributed by atoms with van der Waals surface area (Å²) in [5, 5.41) is 5.34. The second-order valence-electron chi connectivity index (χ2n) is 5.39. The molecule has 0 aromatic heterocycles. The summed E-state index contributed by atoms with van der Waals surface area (Å²) in [6.07, 6.45) is 0. The first-order valence-corrected chi connectivity index (χ1v) is 7.95. The summed E-state index contributed by atoms with van der Waals surface area (Å²) in [4.78, 5) is 23.8. The van der Waals surface area contributed by atoms with Gasteiger partial charge in [-0.2, -0.15) is 0 Å². The number of nitrogens with one attached hydrogen (secondary N) is 2. The molecule has 2 amide bonds. The number of rotatable bonds is 7. The fourth-order valence-electron chi connectivity index (χ4n) is 2.12. The maximum Gasteiger partial charge on any atom is 0.251 e. The number of benzene rings is 2. The number of likely N-dealkylation sites (N-methyl/N-ethyl adjacent to an activating group) is 1. The third-order valence-corrected chi connectivity index (χ3v) is 3.46. The van der Waals surface area contributed by atoms with E-state index in [1.54, 1.807) is 31.2 Å². The van der Waals surface area contributed by atoms with E-state index in [0.29, 0.717) is 24.5 Å². The molecule has 0 aliphatic heterocycles. The van der Waals surface area contributed by atoms with Crippen LogP contribution in [0.4, 0.5) is 0 Å². The highest BCUT2D eigenvalue weighted by Gasteiger charge is 2.15. The maximum atomic E-state index is 12.1. The van der Waals surface area contributed by atoms with Crippen LogP contribution in [0.1, 0.15) is 29.8 Å². The smallest absolute Gasteiger partial charge is 0.251 e. The third kappa shape index (κ3) is 5.12. The zero-order chi connectivity index (χ0) is 17.4. The first kappa shape index (κ1) is 17.5. The summed E-state index contributed by atoms with van der Waals surface area (Å²) in [6, 6.07) is 16.1. The number of ether oxygens (including phenoxy) is 1. The van der Waals surface area contributed by atoms with Crippen LogP contribution in [0.2, 0.25) is 0 Å². The molecule has 0 saturated heterocycles. The first-order chi connectivity index (χ1) is 11.6. The van der Waals surface area contributed by atoms with E-state index in [9.17, 15) is 9.59 Å². The van der Waals surface area contributed by atoms with Gasteiger partial charge in [0, 0.05) is 12.1 Å². The Morgan fingerprint density at radius 3 is 2.33 bits per heavy atom. The lowest BCUT2D eigenvalue weighted by Crippen LogP contribution is -2.44. The quantitative estimate of drug-likeness (QED) is 0.821. The van der Waals surface area contributed by atoms with Gasteiger partial charge in [0.05, 0.1) is 0 Å². The molecule has 0 radical (unpaired) electrons. The van der Waals surface area contributed by atoms with E-state index >= 15 is 0 Å². The molecule has 0 aliphatic rings. The monoisotopic (exact) mass is 326 g/mol. The Labute approximate surface area is 142 Å². The van der Waals surface area contributed by atoms with Gasteiger partial charge in [0.25, 0.3) is 5.91 Å². The minimum absolute atomic E-state index is 0.200. The van der Waals surface area contributed by atoms with E-state index in [0.717, 1.165) is 5.56 Å². The van der Waals surface area contributed by atoms with Crippen LogP contribution in [0.25, 0.3) is 0 Å². The second kappa shape index (κ2) is 8.72. The maximum absolute atomic E-state index is 12.1. The average molecular weight is 326 g/mol. The molecule has 24 heavy (non-hydrogen) atoms. The molecular weight excluding hydrogens is 304 g/mol. The van der Waals surface area contributed by atoms with Crippen LogP contribution in [-0.4, -0.2) is 24.4 Å². The predicted molar refractivity (Wildman–Crippen MR) is 92.8 cm³/mol. The first-order valence-electron chi connectivity index (χ1n) is 7.95. The van der Waals surface area contributed by atoms with Crippen molar-refractivity contribution in [3.8, 4) is 5.75 Å². The molecule has 1 unspecified atom stereocenters. The Morgan fingerprint density at radius 1 is 1.04 bits per heavy atom. The van der Waals surface area contributed by atoms with Crippen molar-refractivity contribution in [1.29, 1.82) is 0 Å². The van der Waals surface area contributed by atoms with Gasteiger partial charge in [-0.15, -0.1) is 0 Å². The molecule has 0 bridgehead atoms. The van der Waals surface area contributed by atoms with Crippen molar-refractivity contribution in [2.75, 3.05) is 6.54 Å². The van der Waals surface area contributed by atoms with Crippen LogP contribution in [-0.2, 0) is 11.4 Å². The summed E-state index contributed by atoms with van der Waals surface area (Å²) in [6.45, 7) is 4.49. The molecule has 0 heterocycles. The standard InChI is InChI=1S/C19H22N2O3/c1-3-20-18(22)14(2)21-19(23)16-9-11-17(12-10-16)24-13-15-7-5-4-6-8-15/h4-12,14H,3,13H2,1-2H3,(H,20,22)(H,21,23). The molecule has 0 aliphatic carbocycles. The lowest BCUT2D eigenvalue weighted by atomic mass is 10.2. The molecule has 5 heteroatoms. The van der Waals surface area contributed by atoms with Crippen molar-refractivity contribution in [3.05, 3.63) is 65.7 Å². The minimum Gasteiger partial charge on any atom is -0.489 e. The Kier molecular flexibility index (Phi) is 6.37. The van der Waals surface area contributed by atoms with Crippen LogP contribution < -0.4 is 15.4 Å². The molecule has 126 valence electrons. The molecule has 2 rings (SSSR count). The van der Waals surface area contributed by atoms with Crippen LogP contribution in [0.15, 0.2) is 54.6 Å². The largest absolute Gasteiger partial charge is 0.489 e. The summed E-state index contributed by atoms with van der Waals surface area (Å²) < 4.78 is 5.68. The van der Waals surface area contributed by atoms with E-state index in [4.69, 9.17) is 4.74 Å². The van der Waals surface area contributed by atoms with Gasteiger partial charge in [0.1, 0.15) is 18.4 Å². The zero-order valence-corrected chi connectivity index (χ0v) is 13.9. The van der Waals surface area contributed by atoms with Crippen LogP contribution >= 0.6 is 0 Å². The fraction of sp³-hybridized carbons (Fsp3) is 0.263. The number of hydrogen-bond donors (Lipinski definition) is 2. The van der Waals surface area contributed by atoms with Gasteiger partial charge < -0.3 is 15.4 Å². The Bertz CT molecular complexity index is 669. The van der Waals surface area contributed by atoms with Gasteiger partial charge in [0.2, 0.25) is 5.91 Å². The topological polar surface area (TPSA) is 67.4 Å². The van der Waals surface area contributed by atoms with Gasteiger partial charge in [0.15, 0.2) is 0 Å². The molecule has 0 fully saturated rings. The summed E-state index contributed by atoms with van der Waals surface area (Å²) >= 11 is 0. The van der Waals surface area contributed by atoms with Gasteiger partial charge in [-0.3, -0.25) is 9.59 Å². The lowest BCUT2D eigenvalue weighted by molar-refractivity contribution is -0.122. The van der Waals surface area contributed by atoms with Gasteiger partial charge in [-0.25, -0.2) is 0 Å². The van der Waals surface area contributed by atoms with Crippen molar-refractivity contribution in [2.24, 2.45) is 0 Å². The van der Waals surface area contributed by atoms with Gasteiger partial charge in [-0.1, -0.05) is 30.3 Å². The third-order valence-electron chi connectivity index (χ3n) is 3.46. The normalized spacial score (nSPS) is 11.4. The molecule has 2 aromatic rings. The lowest BCUT2D eigenvalue weighted by Gasteiger charge is -2.13. The van der Waals surface area contributed by atoms with Gasteiger partial charge in [-0.05, 0) is 43.7 Å². The predicted octanol–water partition coefficient (Wildman–Crippen LogP) is 2.52. The summed E-state index contributed by atoms with van der Waals surface area (Å²) in [7, 11) is 0. The molecule has 0 spiro atoms. The van der Waals surface area contributed by atoms with E-state index in [1.807, 2.05) is 37.3 Å². The van der Waals surface area contributed by atoms with Crippen molar-refractivity contribution in [1.82, 2.24) is 10.6 Å². The Hall–Kier alpha value is -2.82. The molecule has 2 N–H and O–H groups in total. The zero-order valence-electron chi connectivity index (χ0n) is 13.9. The van der Waals surface area contributed by atoms with E-state index < -0.39 is 6.04 Å².